The molecule has 0 aliphatic carbocycles. The number of benzene rings is 5. The van der Waals surface area contributed by atoms with Gasteiger partial charge in [-0.25, -0.2) is 4.98 Å². The van der Waals surface area contributed by atoms with Crippen LogP contribution in [0, 0.1) is 6.92 Å². The first-order chi connectivity index (χ1) is 22.9. The normalized spacial score (nSPS) is 11.9. The summed E-state index contributed by atoms with van der Waals surface area (Å²) < 4.78 is 8.99. The van der Waals surface area contributed by atoms with Crippen LogP contribution < -0.4 is 0 Å². The highest BCUT2D eigenvalue weighted by Gasteiger charge is 2.27. The highest BCUT2D eigenvalue weighted by atomic mass is 16.3. The molecule has 0 fully saturated rings. The fraction of sp³-hybridized carbons (Fsp3) is 0.163. The molecule has 0 aliphatic rings. The summed E-state index contributed by atoms with van der Waals surface area (Å²) in [5.41, 5.74) is 13.7. The Hall–Kier alpha value is -5.48. The summed E-state index contributed by atoms with van der Waals surface area (Å²) >= 11 is 0. The minimum absolute atomic E-state index is 0.260. The predicted molar refractivity (Wildman–Crippen MR) is 195 cm³/mol. The lowest BCUT2D eigenvalue weighted by atomic mass is 9.88. The van der Waals surface area contributed by atoms with Crippen LogP contribution in [0.3, 0.4) is 0 Å². The molecular formula is C43H37N3O. The van der Waals surface area contributed by atoms with Crippen molar-refractivity contribution in [2.24, 2.45) is 0 Å². The average Bonchev–Trinajstić information content (AvgIpc) is 3.67. The molecule has 8 rings (SSSR count). The van der Waals surface area contributed by atoms with E-state index in [1.54, 1.807) is 0 Å². The maximum Gasteiger partial charge on any atom is 0.149 e. The Balaban J connectivity index is 1.51. The maximum atomic E-state index is 6.61. The molecule has 0 N–H and O–H groups in total. The van der Waals surface area contributed by atoms with E-state index in [-0.39, 0.29) is 11.8 Å². The van der Waals surface area contributed by atoms with Gasteiger partial charge in [-0.3, -0.25) is 9.55 Å². The predicted octanol–water partition coefficient (Wildman–Crippen LogP) is 11.9. The first-order valence-electron chi connectivity index (χ1n) is 16.5. The van der Waals surface area contributed by atoms with Crippen molar-refractivity contribution in [3.05, 3.63) is 138 Å². The molecular weight excluding hydrogens is 574 g/mol. The maximum absolute atomic E-state index is 6.61. The van der Waals surface area contributed by atoms with Crippen molar-refractivity contribution in [3.8, 4) is 39.5 Å². The summed E-state index contributed by atoms with van der Waals surface area (Å²) in [4.78, 5) is 10.7. The number of aromatic nitrogens is 3. The van der Waals surface area contributed by atoms with Crippen molar-refractivity contribution in [2.75, 3.05) is 0 Å². The number of hydrogen-bond acceptors (Lipinski definition) is 3. The van der Waals surface area contributed by atoms with Gasteiger partial charge in [0.15, 0.2) is 0 Å². The third-order valence-corrected chi connectivity index (χ3v) is 9.27. The molecule has 0 atom stereocenters. The van der Waals surface area contributed by atoms with Gasteiger partial charge in [0.1, 0.15) is 17.0 Å². The fourth-order valence-electron chi connectivity index (χ4n) is 6.97. The van der Waals surface area contributed by atoms with Crippen molar-refractivity contribution in [3.63, 3.8) is 0 Å². The molecule has 0 saturated heterocycles. The first-order valence-corrected chi connectivity index (χ1v) is 16.5. The zero-order valence-electron chi connectivity index (χ0n) is 27.5. The van der Waals surface area contributed by atoms with Crippen LogP contribution in [0.2, 0.25) is 0 Å². The van der Waals surface area contributed by atoms with Gasteiger partial charge in [0.2, 0.25) is 0 Å². The van der Waals surface area contributed by atoms with Crippen LogP contribution in [0.4, 0.5) is 0 Å². The molecule has 0 radical (unpaired) electrons. The molecule has 47 heavy (non-hydrogen) atoms. The molecule has 230 valence electrons. The number of hydrogen-bond donors (Lipinski definition) is 0. The van der Waals surface area contributed by atoms with Crippen LogP contribution in [0.1, 0.15) is 56.4 Å². The van der Waals surface area contributed by atoms with E-state index in [9.17, 15) is 0 Å². The molecule has 0 spiro atoms. The summed E-state index contributed by atoms with van der Waals surface area (Å²) in [5.74, 6) is 1.38. The van der Waals surface area contributed by atoms with Gasteiger partial charge in [-0.05, 0) is 71.3 Å². The second-order valence-corrected chi connectivity index (χ2v) is 13.1. The molecule has 3 aromatic heterocycles. The van der Waals surface area contributed by atoms with E-state index < -0.39 is 0 Å². The van der Waals surface area contributed by atoms with Gasteiger partial charge < -0.3 is 4.42 Å². The average molecular weight is 612 g/mol. The summed E-state index contributed by atoms with van der Waals surface area (Å²) in [6.07, 6.45) is 0. The Morgan fingerprint density at radius 3 is 1.89 bits per heavy atom. The quantitative estimate of drug-likeness (QED) is 0.188. The van der Waals surface area contributed by atoms with Crippen molar-refractivity contribution in [1.29, 1.82) is 0 Å². The van der Waals surface area contributed by atoms with Crippen LogP contribution >= 0.6 is 0 Å². The van der Waals surface area contributed by atoms with Gasteiger partial charge in [-0.1, -0.05) is 119 Å². The van der Waals surface area contributed by atoms with Gasteiger partial charge in [-0.2, -0.15) is 0 Å². The highest BCUT2D eigenvalue weighted by Crippen LogP contribution is 2.43. The topological polar surface area (TPSA) is 43.9 Å². The molecule has 3 heterocycles. The van der Waals surface area contributed by atoms with Crippen LogP contribution in [0.15, 0.2) is 126 Å². The van der Waals surface area contributed by atoms with Crippen molar-refractivity contribution >= 4 is 33.0 Å². The third-order valence-electron chi connectivity index (χ3n) is 9.27. The molecule has 0 aliphatic heterocycles. The summed E-state index contributed by atoms with van der Waals surface area (Å²) in [6, 6.07) is 42.6. The zero-order valence-corrected chi connectivity index (χ0v) is 27.5. The fourth-order valence-corrected chi connectivity index (χ4v) is 6.97. The van der Waals surface area contributed by atoms with Crippen molar-refractivity contribution < 1.29 is 4.42 Å². The monoisotopic (exact) mass is 611 g/mol. The van der Waals surface area contributed by atoms with E-state index in [1.165, 1.54) is 27.9 Å². The SMILES string of the molecule is Cc1nc(-c2ccccc2)cc2nc(-c3cccc4c3oc3ccccc34)n(-c3c(C(C)C)cc(-c4ccccc4)cc3C(C)C)c12. The zero-order chi connectivity index (χ0) is 32.2. The molecule has 0 bridgehead atoms. The number of nitrogens with zero attached hydrogens (tertiary/aromatic N) is 3. The highest BCUT2D eigenvalue weighted by molar-refractivity contribution is 6.09. The number of furan rings is 1. The summed E-state index contributed by atoms with van der Waals surface area (Å²) in [7, 11) is 0. The van der Waals surface area contributed by atoms with Gasteiger partial charge >= 0.3 is 0 Å². The van der Waals surface area contributed by atoms with Crippen LogP contribution in [0.25, 0.3) is 72.4 Å². The van der Waals surface area contributed by atoms with Crippen molar-refractivity contribution in [2.45, 2.75) is 46.5 Å². The minimum atomic E-state index is 0.260. The second-order valence-electron chi connectivity index (χ2n) is 13.1. The van der Waals surface area contributed by atoms with E-state index in [2.05, 4.69) is 142 Å². The molecule has 5 aromatic carbocycles. The Morgan fingerprint density at radius 1 is 0.596 bits per heavy atom. The standard InChI is InChI=1S/C43H37N3O/c1-26(2)35-23-31(29-15-8-6-9-16-29)24-36(27(3)4)41(35)46-40-28(5)44-37(30-17-10-7-11-18-30)25-38(40)45-43(46)34-21-14-20-33-32-19-12-13-22-39(32)47-42(33)34/h6-27H,1-5H3. The molecule has 0 unspecified atom stereocenters. The lowest BCUT2D eigenvalue weighted by Gasteiger charge is -2.24. The Labute approximate surface area is 275 Å². The minimum Gasteiger partial charge on any atom is -0.455 e. The number of rotatable bonds is 6. The van der Waals surface area contributed by atoms with E-state index >= 15 is 0 Å². The molecule has 4 heteroatoms. The third kappa shape index (κ3) is 4.83. The van der Waals surface area contributed by atoms with Gasteiger partial charge in [0, 0.05) is 16.3 Å². The van der Waals surface area contributed by atoms with E-state index in [0.717, 1.165) is 61.3 Å². The van der Waals surface area contributed by atoms with E-state index in [0.29, 0.717) is 0 Å². The van der Waals surface area contributed by atoms with Gasteiger partial charge in [0.05, 0.1) is 33.7 Å². The van der Waals surface area contributed by atoms with Gasteiger partial charge in [-0.15, -0.1) is 0 Å². The number of para-hydroxylation sites is 2. The van der Waals surface area contributed by atoms with Crippen LogP contribution in [-0.4, -0.2) is 14.5 Å². The smallest absolute Gasteiger partial charge is 0.149 e. The van der Waals surface area contributed by atoms with Crippen LogP contribution in [-0.2, 0) is 0 Å². The van der Waals surface area contributed by atoms with Crippen molar-refractivity contribution in [1.82, 2.24) is 14.5 Å². The molecule has 4 nitrogen and oxygen atoms in total. The Kier molecular flexibility index (Phi) is 7.02. The second kappa shape index (κ2) is 11.4. The Morgan fingerprint density at radius 2 is 1.21 bits per heavy atom. The lowest BCUT2D eigenvalue weighted by molar-refractivity contribution is 0.669. The van der Waals surface area contributed by atoms with Crippen LogP contribution in [0.5, 0.6) is 0 Å². The lowest BCUT2D eigenvalue weighted by Crippen LogP contribution is -2.10. The molecule has 0 amide bonds. The number of fused-ring (bicyclic) bond motifs is 4. The van der Waals surface area contributed by atoms with E-state index in [4.69, 9.17) is 14.4 Å². The summed E-state index contributed by atoms with van der Waals surface area (Å²) in [5, 5.41) is 2.19. The first kappa shape index (κ1) is 29.0. The van der Waals surface area contributed by atoms with E-state index in [1.807, 2.05) is 18.2 Å². The molecule has 0 saturated carbocycles. The number of aryl methyl sites for hydroxylation is 1. The van der Waals surface area contributed by atoms with Gasteiger partial charge in [0.25, 0.3) is 0 Å². The molecule has 8 aromatic rings. The largest absolute Gasteiger partial charge is 0.455 e. The summed E-state index contributed by atoms with van der Waals surface area (Å²) in [6.45, 7) is 11.3. The number of imidazole rings is 1. The Bertz CT molecular complexity index is 2380. The number of pyridine rings is 1.